The van der Waals surface area contributed by atoms with E-state index in [0.29, 0.717) is 50.5 Å². The number of nitrogens with one attached hydrogen (secondary N) is 2. The van der Waals surface area contributed by atoms with Gasteiger partial charge in [0.05, 0.1) is 38.8 Å². The lowest BCUT2D eigenvalue weighted by atomic mass is 10.0. The van der Waals surface area contributed by atoms with Crippen molar-refractivity contribution in [3.63, 3.8) is 0 Å². The van der Waals surface area contributed by atoms with Gasteiger partial charge in [0, 0.05) is 30.8 Å². The minimum Gasteiger partial charge on any atom is -0.494 e. The number of methoxy groups -OCH3 is 3. The second-order valence-electron chi connectivity index (χ2n) is 8.47. The second-order valence-corrected chi connectivity index (χ2v) is 9.28. The molecule has 202 valence electrons. The SMILES string of the molecule is COc1ccncc1NCc1ccc(C(=O)O[C@@H](Cc2c(Cl)c[nH+]cc2Cl)c2ccc(OC)c(OC)c2)cc1. The number of H-pyrrole nitrogens is 1. The van der Waals surface area contributed by atoms with Crippen LogP contribution in [-0.2, 0) is 17.7 Å². The van der Waals surface area contributed by atoms with Crippen LogP contribution in [0.4, 0.5) is 5.69 Å². The number of pyridine rings is 2. The van der Waals surface area contributed by atoms with E-state index in [9.17, 15) is 4.79 Å². The number of rotatable bonds is 11. The highest BCUT2D eigenvalue weighted by molar-refractivity contribution is 6.35. The summed E-state index contributed by atoms with van der Waals surface area (Å²) in [6, 6.07) is 14.3. The van der Waals surface area contributed by atoms with E-state index in [1.54, 1.807) is 76.4 Å². The standard InChI is InChI=1S/C29H27Cl2N3O5/c1-36-25-10-11-32-17-24(25)34-14-18-4-6-19(7-5-18)29(35)39-27(13-21-22(30)15-33-16-23(21)31)20-8-9-26(37-2)28(12-20)38-3/h4-12,15-17,27,34H,13-14H2,1-3H3/p+1/t27-/m0/s1. The quantitative estimate of drug-likeness (QED) is 0.222. The third-order valence-electron chi connectivity index (χ3n) is 6.09. The molecule has 1 atom stereocenters. The van der Waals surface area contributed by atoms with Crippen LogP contribution < -0.4 is 24.5 Å². The van der Waals surface area contributed by atoms with Gasteiger partial charge >= 0.3 is 5.97 Å². The van der Waals surface area contributed by atoms with E-state index in [4.69, 9.17) is 42.1 Å². The fourth-order valence-electron chi connectivity index (χ4n) is 3.98. The molecular formula is C29H28Cl2N3O5+. The van der Waals surface area contributed by atoms with Crippen molar-refractivity contribution in [1.82, 2.24) is 4.98 Å². The Morgan fingerprint density at radius 1 is 0.923 bits per heavy atom. The van der Waals surface area contributed by atoms with E-state index in [-0.39, 0.29) is 6.42 Å². The second kappa shape index (κ2) is 13.2. The van der Waals surface area contributed by atoms with Crippen LogP contribution in [-0.4, -0.2) is 32.3 Å². The molecule has 0 bridgehead atoms. The lowest BCUT2D eigenvalue weighted by Gasteiger charge is -2.20. The predicted molar refractivity (Wildman–Crippen MR) is 149 cm³/mol. The molecule has 0 fully saturated rings. The molecule has 10 heteroatoms. The number of nitrogens with zero attached hydrogens (tertiary/aromatic N) is 1. The molecule has 4 rings (SSSR count). The first kappa shape index (κ1) is 28.0. The van der Waals surface area contributed by atoms with Crippen LogP contribution in [0.3, 0.4) is 0 Å². The van der Waals surface area contributed by atoms with Gasteiger partial charge in [-0.25, -0.2) is 9.78 Å². The molecular weight excluding hydrogens is 541 g/mol. The minimum atomic E-state index is -0.700. The zero-order chi connectivity index (χ0) is 27.8. The average Bonchev–Trinajstić information content (AvgIpc) is 2.97. The van der Waals surface area contributed by atoms with Crippen molar-refractivity contribution in [2.75, 3.05) is 26.6 Å². The van der Waals surface area contributed by atoms with Crippen LogP contribution in [0.1, 0.15) is 33.2 Å². The van der Waals surface area contributed by atoms with E-state index in [0.717, 1.165) is 11.3 Å². The minimum absolute atomic E-state index is 0.252. The molecule has 0 amide bonds. The molecule has 4 aromatic rings. The van der Waals surface area contributed by atoms with Crippen LogP contribution in [0.25, 0.3) is 0 Å². The summed E-state index contributed by atoms with van der Waals surface area (Å²) in [5.74, 6) is 1.28. The van der Waals surface area contributed by atoms with E-state index >= 15 is 0 Å². The van der Waals surface area contributed by atoms with Crippen molar-refractivity contribution in [2.45, 2.75) is 19.1 Å². The maximum absolute atomic E-state index is 13.2. The topological polar surface area (TPSA) is 93.1 Å². The Hall–Kier alpha value is -4.01. The van der Waals surface area contributed by atoms with Crippen molar-refractivity contribution in [2.24, 2.45) is 0 Å². The number of ether oxygens (including phenoxy) is 4. The molecule has 39 heavy (non-hydrogen) atoms. The number of anilines is 1. The molecule has 0 radical (unpaired) electrons. The summed E-state index contributed by atoms with van der Waals surface area (Å²) in [6.45, 7) is 0.521. The monoisotopic (exact) mass is 568 g/mol. The van der Waals surface area contributed by atoms with E-state index in [1.807, 2.05) is 18.2 Å². The largest absolute Gasteiger partial charge is 0.494 e. The number of hydrogen-bond acceptors (Lipinski definition) is 7. The number of aromatic nitrogens is 2. The van der Waals surface area contributed by atoms with Crippen molar-refractivity contribution in [3.8, 4) is 17.2 Å². The lowest BCUT2D eigenvalue weighted by Crippen LogP contribution is -2.16. The maximum atomic E-state index is 13.2. The number of benzene rings is 2. The van der Waals surface area contributed by atoms with E-state index in [2.05, 4.69) is 15.3 Å². The summed E-state index contributed by atoms with van der Waals surface area (Å²) in [6.07, 6.45) is 6.17. The fourth-order valence-corrected chi connectivity index (χ4v) is 4.52. The van der Waals surface area contributed by atoms with E-state index < -0.39 is 12.1 Å². The van der Waals surface area contributed by atoms with E-state index in [1.165, 1.54) is 0 Å². The van der Waals surface area contributed by atoms with Gasteiger partial charge in [0.1, 0.15) is 21.9 Å². The zero-order valence-electron chi connectivity index (χ0n) is 21.7. The summed E-state index contributed by atoms with van der Waals surface area (Å²) in [5, 5.41) is 4.16. The van der Waals surface area contributed by atoms with Gasteiger partial charge < -0.3 is 24.3 Å². The third-order valence-corrected chi connectivity index (χ3v) is 6.76. The van der Waals surface area contributed by atoms with Crippen LogP contribution >= 0.6 is 23.2 Å². The Labute approximate surface area is 236 Å². The Kier molecular flexibility index (Phi) is 9.46. The Bertz CT molecular complexity index is 1410. The molecule has 0 spiro atoms. The molecule has 0 unspecified atom stereocenters. The van der Waals surface area contributed by atoms with Crippen LogP contribution in [0.2, 0.25) is 10.0 Å². The number of esters is 1. The molecule has 0 saturated carbocycles. The lowest BCUT2D eigenvalue weighted by molar-refractivity contribution is -0.377. The number of halogens is 2. The summed E-state index contributed by atoms with van der Waals surface area (Å²) in [4.78, 5) is 20.3. The molecule has 2 aromatic carbocycles. The van der Waals surface area contributed by atoms with Gasteiger partial charge in [-0.15, -0.1) is 0 Å². The first-order valence-electron chi connectivity index (χ1n) is 12.0. The van der Waals surface area contributed by atoms with Gasteiger partial charge in [-0.1, -0.05) is 41.4 Å². The predicted octanol–water partition coefficient (Wildman–Crippen LogP) is 5.98. The molecule has 2 aromatic heterocycles. The summed E-state index contributed by atoms with van der Waals surface area (Å²) in [7, 11) is 4.71. The smallest absolute Gasteiger partial charge is 0.338 e. The van der Waals surface area contributed by atoms with Crippen LogP contribution in [0, 0.1) is 0 Å². The van der Waals surface area contributed by atoms with Gasteiger partial charge in [-0.05, 0) is 35.4 Å². The van der Waals surface area contributed by atoms with Gasteiger partial charge in [0.25, 0.3) is 0 Å². The third kappa shape index (κ3) is 6.90. The summed E-state index contributed by atoms with van der Waals surface area (Å²) in [5.41, 5.74) is 3.50. The van der Waals surface area contributed by atoms with Gasteiger partial charge in [-0.3, -0.25) is 4.98 Å². The molecule has 0 saturated heterocycles. The molecule has 8 nitrogen and oxygen atoms in total. The van der Waals surface area contributed by atoms with Gasteiger partial charge in [0.15, 0.2) is 23.9 Å². The maximum Gasteiger partial charge on any atom is 0.338 e. The molecule has 0 aliphatic heterocycles. The highest BCUT2D eigenvalue weighted by atomic mass is 35.5. The zero-order valence-corrected chi connectivity index (χ0v) is 23.2. The number of carbonyl (C=O) groups excluding carboxylic acids is 1. The van der Waals surface area contributed by atoms with Crippen molar-refractivity contribution in [1.29, 1.82) is 0 Å². The summed E-state index contributed by atoms with van der Waals surface area (Å²) >= 11 is 12.8. The molecule has 0 aliphatic rings. The Morgan fingerprint density at radius 3 is 2.28 bits per heavy atom. The van der Waals surface area contributed by atoms with Crippen molar-refractivity contribution in [3.05, 3.63) is 106 Å². The van der Waals surface area contributed by atoms with Crippen molar-refractivity contribution < 1.29 is 28.7 Å². The molecule has 0 aliphatic carbocycles. The fraction of sp³-hybridized carbons (Fsp3) is 0.207. The highest BCUT2D eigenvalue weighted by Gasteiger charge is 2.24. The van der Waals surface area contributed by atoms with Gasteiger partial charge in [0.2, 0.25) is 0 Å². The number of carbonyl (C=O) groups is 1. The van der Waals surface area contributed by atoms with Crippen LogP contribution in [0.15, 0.2) is 73.3 Å². The molecule has 2 N–H and O–H groups in total. The first-order chi connectivity index (χ1) is 18.9. The number of hydrogen-bond donors (Lipinski definition) is 1. The highest BCUT2D eigenvalue weighted by Crippen LogP contribution is 2.35. The summed E-state index contributed by atoms with van der Waals surface area (Å²) < 4.78 is 22.2. The Morgan fingerprint density at radius 2 is 1.62 bits per heavy atom. The van der Waals surface area contributed by atoms with Crippen molar-refractivity contribution >= 4 is 34.9 Å². The Balaban J connectivity index is 1.54. The van der Waals surface area contributed by atoms with Crippen LogP contribution in [0.5, 0.6) is 17.2 Å². The average molecular weight is 569 g/mol. The molecule has 2 heterocycles. The number of aromatic amines is 1. The normalized spacial score (nSPS) is 11.4. The van der Waals surface area contributed by atoms with Gasteiger partial charge in [-0.2, -0.15) is 0 Å². The first-order valence-corrected chi connectivity index (χ1v) is 12.8.